The third-order valence-corrected chi connectivity index (χ3v) is 5.22. The van der Waals surface area contributed by atoms with Gasteiger partial charge in [-0.25, -0.2) is 8.42 Å². The van der Waals surface area contributed by atoms with Crippen LogP contribution in [-0.4, -0.2) is 38.0 Å². The average Bonchev–Trinajstić information content (AvgIpc) is 2.66. The van der Waals surface area contributed by atoms with E-state index in [2.05, 4.69) is 10.0 Å². The summed E-state index contributed by atoms with van der Waals surface area (Å²) in [6.45, 7) is 2.95. The molecule has 0 fully saturated rings. The first kappa shape index (κ1) is 21.5. The minimum Gasteiger partial charge on any atom is -0.465 e. The monoisotopic (exact) mass is 406 g/mol. The lowest BCUT2D eigenvalue weighted by molar-refractivity contribution is -0.148. The molecule has 0 saturated heterocycles. The van der Waals surface area contributed by atoms with Crippen LogP contribution in [0.2, 0.25) is 0 Å². The number of hydrogen-bond acceptors (Lipinski definition) is 6. The Morgan fingerprint density at radius 3 is 2.21 bits per heavy atom. The molecule has 0 aliphatic carbocycles. The highest BCUT2D eigenvalue weighted by Gasteiger charge is 2.34. The maximum absolute atomic E-state index is 12.7. The first-order chi connectivity index (χ1) is 13.2. The zero-order chi connectivity index (χ0) is 20.7. The second-order valence-corrected chi connectivity index (χ2v) is 7.63. The number of nitrogens with one attached hydrogen (secondary N) is 2. The molecule has 2 aromatic carbocycles. The van der Waals surface area contributed by atoms with Crippen molar-refractivity contribution in [2.45, 2.75) is 30.9 Å². The zero-order valence-corrected chi connectivity index (χ0v) is 16.3. The van der Waals surface area contributed by atoms with Gasteiger partial charge in [-0.05, 0) is 36.8 Å². The van der Waals surface area contributed by atoms with E-state index in [0.717, 1.165) is 0 Å². The van der Waals surface area contributed by atoms with Gasteiger partial charge in [0.05, 0.1) is 11.5 Å². The molecule has 0 radical (unpaired) electrons. The van der Waals surface area contributed by atoms with Crippen LogP contribution in [0.5, 0.6) is 0 Å². The predicted octanol–water partition coefficient (Wildman–Crippen LogP) is 1.59. The number of ether oxygens (including phenoxy) is 1. The summed E-state index contributed by atoms with van der Waals surface area (Å²) in [4.78, 5) is 23.2. The largest absolute Gasteiger partial charge is 0.465 e. The van der Waals surface area contributed by atoms with Crippen molar-refractivity contribution < 1.29 is 27.9 Å². The number of benzene rings is 2. The normalized spacial score (nSPS) is 13.4. The van der Waals surface area contributed by atoms with Gasteiger partial charge < -0.3 is 15.2 Å². The highest BCUT2D eigenvalue weighted by Crippen LogP contribution is 2.21. The van der Waals surface area contributed by atoms with Gasteiger partial charge >= 0.3 is 5.97 Å². The molecule has 8 nitrogen and oxygen atoms in total. The van der Waals surface area contributed by atoms with Crippen LogP contribution in [0, 0.1) is 0 Å². The lowest BCUT2D eigenvalue weighted by Gasteiger charge is -2.22. The van der Waals surface area contributed by atoms with Crippen molar-refractivity contribution in [3.05, 3.63) is 60.2 Å². The number of carbonyl (C=O) groups excluding carboxylic acids is 2. The van der Waals surface area contributed by atoms with Gasteiger partial charge in [0.2, 0.25) is 15.9 Å². The van der Waals surface area contributed by atoms with Crippen LogP contribution >= 0.6 is 0 Å². The molecule has 0 saturated carbocycles. The SMILES string of the molecule is CCOC(=O)C(NS(=O)(=O)c1ccc(NC(C)=O)cc1)C(O)c1ccccc1. The molecule has 2 rings (SSSR count). The molecule has 2 unspecified atom stereocenters. The Morgan fingerprint density at radius 1 is 1.07 bits per heavy atom. The van der Waals surface area contributed by atoms with E-state index in [1.54, 1.807) is 37.3 Å². The van der Waals surface area contributed by atoms with Crippen molar-refractivity contribution in [2.24, 2.45) is 0 Å². The first-order valence-corrected chi connectivity index (χ1v) is 10.0. The van der Waals surface area contributed by atoms with E-state index in [4.69, 9.17) is 4.74 Å². The summed E-state index contributed by atoms with van der Waals surface area (Å²) in [7, 11) is -4.14. The summed E-state index contributed by atoms with van der Waals surface area (Å²) in [5, 5.41) is 13.1. The number of anilines is 1. The average molecular weight is 406 g/mol. The molecule has 0 bridgehead atoms. The van der Waals surface area contributed by atoms with Gasteiger partial charge in [-0.1, -0.05) is 30.3 Å². The maximum Gasteiger partial charge on any atom is 0.327 e. The summed E-state index contributed by atoms with van der Waals surface area (Å²) < 4.78 is 32.5. The van der Waals surface area contributed by atoms with E-state index in [1.165, 1.54) is 31.2 Å². The Morgan fingerprint density at radius 2 is 1.68 bits per heavy atom. The number of aliphatic hydroxyl groups excluding tert-OH is 1. The Balaban J connectivity index is 2.28. The minimum atomic E-state index is -4.14. The Labute approximate surface area is 163 Å². The Hall–Kier alpha value is -2.75. The zero-order valence-electron chi connectivity index (χ0n) is 15.5. The van der Waals surface area contributed by atoms with E-state index in [9.17, 15) is 23.1 Å². The molecule has 0 aliphatic heterocycles. The minimum absolute atomic E-state index is 0.0317. The van der Waals surface area contributed by atoms with Gasteiger partial charge in [0, 0.05) is 12.6 Å². The summed E-state index contributed by atoms with van der Waals surface area (Å²) in [6, 6.07) is 12.1. The lowest BCUT2D eigenvalue weighted by Crippen LogP contribution is -2.45. The van der Waals surface area contributed by atoms with Crippen molar-refractivity contribution in [1.29, 1.82) is 0 Å². The molecular formula is C19H22N2O6S. The van der Waals surface area contributed by atoms with Crippen molar-refractivity contribution in [3.63, 3.8) is 0 Å². The summed E-state index contributed by atoms with van der Waals surface area (Å²) in [6.07, 6.45) is -1.44. The smallest absolute Gasteiger partial charge is 0.327 e. The predicted molar refractivity (Wildman–Crippen MR) is 103 cm³/mol. The van der Waals surface area contributed by atoms with Crippen molar-refractivity contribution >= 4 is 27.6 Å². The summed E-state index contributed by atoms with van der Waals surface area (Å²) in [5.41, 5.74) is 0.793. The standard InChI is InChI=1S/C19H22N2O6S/c1-3-27-19(24)17(18(23)14-7-5-4-6-8-14)21-28(25,26)16-11-9-15(10-12-16)20-13(2)22/h4-12,17-18,21,23H,3H2,1-2H3,(H,20,22). The van der Waals surface area contributed by atoms with Gasteiger partial charge in [0.25, 0.3) is 0 Å². The van der Waals surface area contributed by atoms with E-state index < -0.39 is 28.1 Å². The van der Waals surface area contributed by atoms with Crippen LogP contribution in [0.3, 0.4) is 0 Å². The number of esters is 1. The van der Waals surface area contributed by atoms with E-state index in [0.29, 0.717) is 11.3 Å². The van der Waals surface area contributed by atoms with Gasteiger partial charge in [-0.2, -0.15) is 4.72 Å². The topological polar surface area (TPSA) is 122 Å². The van der Waals surface area contributed by atoms with Crippen molar-refractivity contribution in [3.8, 4) is 0 Å². The van der Waals surface area contributed by atoms with Gasteiger partial charge in [-0.15, -0.1) is 0 Å². The maximum atomic E-state index is 12.7. The molecule has 2 atom stereocenters. The Bertz CT molecular complexity index is 913. The number of amides is 1. The summed E-state index contributed by atoms with van der Waals surface area (Å²) in [5.74, 6) is -1.18. The third kappa shape index (κ3) is 5.62. The molecule has 2 aromatic rings. The Kier molecular flexibility index (Phi) is 7.27. The van der Waals surface area contributed by atoms with Gasteiger partial charge in [0.15, 0.2) is 0 Å². The second kappa shape index (κ2) is 9.45. The lowest BCUT2D eigenvalue weighted by atomic mass is 10.0. The molecule has 0 heterocycles. The number of rotatable bonds is 8. The van der Waals surface area contributed by atoms with Crippen LogP contribution in [0.4, 0.5) is 5.69 Å². The van der Waals surface area contributed by atoms with Gasteiger partial charge in [0.1, 0.15) is 12.1 Å². The van der Waals surface area contributed by atoms with E-state index in [1.807, 2.05) is 0 Å². The molecule has 28 heavy (non-hydrogen) atoms. The molecule has 0 spiro atoms. The molecule has 0 aliphatic rings. The fourth-order valence-electron chi connectivity index (χ4n) is 2.47. The third-order valence-electron chi connectivity index (χ3n) is 3.76. The number of hydrogen-bond donors (Lipinski definition) is 3. The molecule has 1 amide bonds. The first-order valence-electron chi connectivity index (χ1n) is 8.54. The molecule has 3 N–H and O–H groups in total. The van der Waals surface area contributed by atoms with Crippen LogP contribution in [0.1, 0.15) is 25.5 Å². The number of carbonyl (C=O) groups is 2. The number of sulfonamides is 1. The number of aliphatic hydroxyl groups is 1. The van der Waals surface area contributed by atoms with E-state index in [-0.39, 0.29) is 17.4 Å². The van der Waals surface area contributed by atoms with Crippen LogP contribution in [0.15, 0.2) is 59.5 Å². The van der Waals surface area contributed by atoms with Crippen molar-refractivity contribution in [1.82, 2.24) is 4.72 Å². The van der Waals surface area contributed by atoms with E-state index >= 15 is 0 Å². The second-order valence-electron chi connectivity index (χ2n) is 5.91. The molecular weight excluding hydrogens is 384 g/mol. The van der Waals surface area contributed by atoms with Crippen LogP contribution in [-0.2, 0) is 24.3 Å². The molecule has 150 valence electrons. The highest BCUT2D eigenvalue weighted by atomic mass is 32.2. The summed E-state index contributed by atoms with van der Waals surface area (Å²) >= 11 is 0. The molecule has 0 aromatic heterocycles. The fraction of sp³-hybridized carbons (Fsp3) is 0.263. The van der Waals surface area contributed by atoms with Crippen molar-refractivity contribution in [2.75, 3.05) is 11.9 Å². The van der Waals surface area contributed by atoms with Crippen LogP contribution < -0.4 is 10.0 Å². The molecule has 9 heteroatoms. The fourth-order valence-corrected chi connectivity index (χ4v) is 3.66. The highest BCUT2D eigenvalue weighted by molar-refractivity contribution is 7.89. The quantitative estimate of drug-likeness (QED) is 0.572. The van der Waals surface area contributed by atoms with Crippen LogP contribution in [0.25, 0.3) is 0 Å². The van der Waals surface area contributed by atoms with Gasteiger partial charge in [-0.3, -0.25) is 9.59 Å².